The number of rotatable bonds is 3. The number of carbonyl (C=O) groups is 1. The molecule has 1 N–H and O–H groups in total. The molecule has 100 valence electrons. The van der Waals surface area contributed by atoms with E-state index < -0.39 is 5.82 Å². The van der Waals surface area contributed by atoms with Gasteiger partial charge in [0.2, 0.25) is 0 Å². The molecule has 2 aromatic carbocycles. The fourth-order valence-corrected chi connectivity index (χ4v) is 1.80. The van der Waals surface area contributed by atoms with Crippen LogP contribution in [0.25, 0.3) is 0 Å². The van der Waals surface area contributed by atoms with Crippen LogP contribution in [0.15, 0.2) is 42.5 Å². The van der Waals surface area contributed by atoms with Gasteiger partial charge in [0.05, 0.1) is 11.3 Å². The first kappa shape index (κ1) is 13.8. The average molecular weight is 268 g/mol. The number of nitrogens with zero attached hydrogens (tertiary/aromatic N) is 1. The molecule has 0 aliphatic heterocycles. The zero-order valence-corrected chi connectivity index (χ0v) is 11.0. The van der Waals surface area contributed by atoms with Gasteiger partial charge in [-0.25, -0.2) is 4.39 Å². The van der Waals surface area contributed by atoms with Crippen molar-refractivity contribution in [1.29, 1.82) is 5.26 Å². The second-order valence-electron chi connectivity index (χ2n) is 4.31. The third kappa shape index (κ3) is 3.01. The van der Waals surface area contributed by atoms with E-state index in [1.807, 2.05) is 25.1 Å². The van der Waals surface area contributed by atoms with Gasteiger partial charge in [-0.2, -0.15) is 5.26 Å². The lowest BCUT2D eigenvalue weighted by atomic mass is 10.1. The molecule has 20 heavy (non-hydrogen) atoms. The van der Waals surface area contributed by atoms with Crippen molar-refractivity contribution in [2.45, 2.75) is 13.3 Å². The van der Waals surface area contributed by atoms with Crippen LogP contribution < -0.4 is 5.32 Å². The summed E-state index contributed by atoms with van der Waals surface area (Å²) in [6, 6.07) is 12.7. The molecule has 0 radical (unpaired) electrons. The Balaban J connectivity index is 2.21. The first-order valence-electron chi connectivity index (χ1n) is 6.24. The average Bonchev–Trinajstić information content (AvgIpc) is 2.49. The highest BCUT2D eigenvalue weighted by atomic mass is 19.1. The van der Waals surface area contributed by atoms with Gasteiger partial charge in [-0.1, -0.05) is 19.1 Å². The van der Waals surface area contributed by atoms with E-state index in [-0.39, 0.29) is 11.5 Å². The number of amides is 1. The summed E-state index contributed by atoms with van der Waals surface area (Å²) in [5.41, 5.74) is 2.04. The van der Waals surface area contributed by atoms with Gasteiger partial charge in [0, 0.05) is 5.56 Å². The molecule has 0 aliphatic carbocycles. The largest absolute Gasteiger partial charge is 0.321 e. The van der Waals surface area contributed by atoms with E-state index in [4.69, 9.17) is 5.26 Å². The Bertz CT molecular complexity index is 672. The maximum atomic E-state index is 13.0. The number of hydrogen-bond acceptors (Lipinski definition) is 2. The lowest BCUT2D eigenvalue weighted by Crippen LogP contribution is -2.13. The quantitative estimate of drug-likeness (QED) is 0.926. The molecule has 0 aliphatic rings. The van der Waals surface area contributed by atoms with Crippen LogP contribution in [0.1, 0.15) is 28.4 Å². The molecule has 4 heteroatoms. The van der Waals surface area contributed by atoms with E-state index in [1.54, 1.807) is 12.1 Å². The molecule has 1 amide bonds. The molecule has 0 bridgehead atoms. The number of benzene rings is 2. The summed E-state index contributed by atoms with van der Waals surface area (Å²) in [7, 11) is 0. The smallest absolute Gasteiger partial charge is 0.255 e. The normalized spacial score (nSPS) is 9.85. The molecule has 3 nitrogen and oxygen atoms in total. The summed E-state index contributed by atoms with van der Waals surface area (Å²) in [5, 5.41) is 11.5. The van der Waals surface area contributed by atoms with E-state index >= 15 is 0 Å². The molecule has 0 saturated carbocycles. The number of hydrogen-bond donors (Lipinski definition) is 1. The number of carbonyl (C=O) groups excluding carboxylic acids is 1. The number of aryl methyl sites for hydroxylation is 1. The fourth-order valence-electron chi connectivity index (χ4n) is 1.80. The predicted octanol–water partition coefficient (Wildman–Crippen LogP) is 3.51. The Morgan fingerprint density at radius 2 is 1.95 bits per heavy atom. The molecular formula is C16H13FN2O. The van der Waals surface area contributed by atoms with E-state index in [2.05, 4.69) is 5.32 Å². The molecule has 0 spiro atoms. The molecule has 2 rings (SSSR count). The minimum atomic E-state index is -0.508. The maximum absolute atomic E-state index is 13.0. The lowest BCUT2D eigenvalue weighted by molar-refractivity contribution is 0.102. The SMILES string of the molecule is CCc1ccc(C(=O)Nc2ccc(F)cc2C#N)cc1. The number of nitriles is 1. The Kier molecular flexibility index (Phi) is 4.11. The lowest BCUT2D eigenvalue weighted by Gasteiger charge is -2.07. The monoisotopic (exact) mass is 268 g/mol. The molecule has 0 aromatic heterocycles. The van der Waals surface area contributed by atoms with Gasteiger partial charge in [-0.15, -0.1) is 0 Å². The van der Waals surface area contributed by atoms with Crippen LogP contribution in [0.2, 0.25) is 0 Å². The van der Waals surface area contributed by atoms with Crippen LogP contribution in [-0.4, -0.2) is 5.91 Å². The minimum absolute atomic E-state index is 0.100. The van der Waals surface area contributed by atoms with Crippen molar-refractivity contribution in [3.8, 4) is 6.07 Å². The zero-order valence-electron chi connectivity index (χ0n) is 11.0. The third-order valence-corrected chi connectivity index (χ3v) is 2.97. The molecule has 0 heterocycles. The summed E-state index contributed by atoms with van der Waals surface area (Å²) >= 11 is 0. The predicted molar refractivity (Wildman–Crippen MR) is 74.9 cm³/mol. The summed E-state index contributed by atoms with van der Waals surface area (Å²) in [4.78, 5) is 12.1. The Labute approximate surface area is 116 Å². The van der Waals surface area contributed by atoms with E-state index in [0.29, 0.717) is 11.3 Å². The van der Waals surface area contributed by atoms with E-state index in [1.165, 1.54) is 12.1 Å². The first-order valence-corrected chi connectivity index (χ1v) is 6.24. The van der Waals surface area contributed by atoms with Crippen molar-refractivity contribution < 1.29 is 9.18 Å². The van der Waals surface area contributed by atoms with Crippen molar-refractivity contribution in [2.75, 3.05) is 5.32 Å². The van der Waals surface area contributed by atoms with Crippen molar-refractivity contribution in [3.63, 3.8) is 0 Å². The standard InChI is InChI=1S/C16H13FN2O/c1-2-11-3-5-12(6-4-11)16(20)19-15-8-7-14(17)9-13(15)10-18/h3-9H,2H2,1H3,(H,19,20). The van der Waals surface area contributed by atoms with E-state index in [0.717, 1.165) is 18.1 Å². The van der Waals surface area contributed by atoms with Crippen molar-refractivity contribution >= 4 is 11.6 Å². The highest BCUT2D eigenvalue weighted by Gasteiger charge is 2.09. The van der Waals surface area contributed by atoms with Crippen LogP contribution in [0.3, 0.4) is 0 Å². The highest BCUT2D eigenvalue weighted by molar-refractivity contribution is 6.04. The van der Waals surface area contributed by atoms with Crippen molar-refractivity contribution in [1.82, 2.24) is 0 Å². The maximum Gasteiger partial charge on any atom is 0.255 e. The number of nitrogens with one attached hydrogen (secondary N) is 1. The highest BCUT2D eigenvalue weighted by Crippen LogP contribution is 2.17. The second-order valence-corrected chi connectivity index (χ2v) is 4.31. The Morgan fingerprint density at radius 3 is 2.55 bits per heavy atom. The first-order chi connectivity index (χ1) is 9.63. The topological polar surface area (TPSA) is 52.9 Å². The molecule has 0 atom stereocenters. The molecule has 0 unspecified atom stereocenters. The Hall–Kier alpha value is -2.67. The third-order valence-electron chi connectivity index (χ3n) is 2.97. The van der Waals surface area contributed by atoms with Crippen LogP contribution >= 0.6 is 0 Å². The summed E-state index contributed by atoms with van der Waals surface area (Å²) in [6.07, 6.45) is 0.901. The van der Waals surface area contributed by atoms with Crippen molar-refractivity contribution in [2.24, 2.45) is 0 Å². The van der Waals surface area contributed by atoms with Crippen LogP contribution in [-0.2, 0) is 6.42 Å². The van der Waals surface area contributed by atoms with E-state index in [9.17, 15) is 9.18 Å². The van der Waals surface area contributed by atoms with Gasteiger partial charge in [-0.05, 0) is 42.3 Å². The van der Waals surface area contributed by atoms with Crippen molar-refractivity contribution in [3.05, 3.63) is 65.0 Å². The molecular weight excluding hydrogens is 255 g/mol. The molecule has 2 aromatic rings. The minimum Gasteiger partial charge on any atom is -0.321 e. The van der Waals surface area contributed by atoms with Gasteiger partial charge in [0.1, 0.15) is 11.9 Å². The summed E-state index contributed by atoms with van der Waals surface area (Å²) in [6.45, 7) is 2.03. The zero-order chi connectivity index (χ0) is 14.5. The number of anilines is 1. The fraction of sp³-hybridized carbons (Fsp3) is 0.125. The van der Waals surface area contributed by atoms with Gasteiger partial charge in [0.15, 0.2) is 0 Å². The van der Waals surface area contributed by atoms with Crippen LogP contribution in [0, 0.1) is 17.1 Å². The van der Waals surface area contributed by atoms with Crippen LogP contribution in [0.4, 0.5) is 10.1 Å². The van der Waals surface area contributed by atoms with Gasteiger partial charge in [-0.3, -0.25) is 4.79 Å². The molecule has 0 saturated heterocycles. The summed E-state index contributed by atoms with van der Waals surface area (Å²) < 4.78 is 13.0. The van der Waals surface area contributed by atoms with Gasteiger partial charge >= 0.3 is 0 Å². The Morgan fingerprint density at radius 1 is 1.25 bits per heavy atom. The molecule has 0 fully saturated rings. The van der Waals surface area contributed by atoms with Gasteiger partial charge < -0.3 is 5.32 Å². The van der Waals surface area contributed by atoms with Gasteiger partial charge in [0.25, 0.3) is 5.91 Å². The second kappa shape index (κ2) is 5.98. The summed E-state index contributed by atoms with van der Waals surface area (Å²) in [5.74, 6) is -0.831. The van der Waals surface area contributed by atoms with Crippen LogP contribution in [0.5, 0.6) is 0 Å². The number of halogens is 1.